The lowest BCUT2D eigenvalue weighted by atomic mass is 9.91. The molecule has 1 unspecified atom stereocenters. The average molecular weight is 433 g/mol. The molecule has 164 valence electrons. The zero-order chi connectivity index (χ0) is 23.1. The van der Waals surface area contributed by atoms with Crippen molar-refractivity contribution in [3.05, 3.63) is 53.9 Å². The molecule has 0 saturated heterocycles. The molecular weight excluding hydrogens is 410 g/mol. The van der Waals surface area contributed by atoms with Gasteiger partial charge in [0.1, 0.15) is 17.9 Å². The molecule has 0 fully saturated rings. The van der Waals surface area contributed by atoms with Crippen molar-refractivity contribution in [1.82, 2.24) is 15.4 Å². The minimum atomic E-state index is -0.710. The molecule has 0 radical (unpaired) electrons. The zero-order valence-corrected chi connectivity index (χ0v) is 17.5. The van der Waals surface area contributed by atoms with Crippen LogP contribution in [0.3, 0.4) is 0 Å². The number of aromatic nitrogens is 2. The van der Waals surface area contributed by atoms with Crippen molar-refractivity contribution in [3.8, 4) is 18.1 Å². The molecule has 1 aromatic heterocycles. The van der Waals surface area contributed by atoms with Gasteiger partial charge in [-0.25, -0.2) is 15.4 Å². The van der Waals surface area contributed by atoms with Crippen LogP contribution in [0, 0.1) is 12.3 Å². The van der Waals surface area contributed by atoms with Gasteiger partial charge in [0, 0.05) is 34.7 Å². The second kappa shape index (κ2) is 10.2. The number of fused-ring (bicyclic) bond motifs is 1. The smallest absolute Gasteiger partial charge is 0.243 e. The monoisotopic (exact) mass is 433 g/mol. The highest BCUT2D eigenvalue weighted by molar-refractivity contribution is 5.94. The van der Waals surface area contributed by atoms with E-state index in [0.717, 1.165) is 11.3 Å². The molecule has 9 heteroatoms. The quantitative estimate of drug-likeness (QED) is 0.231. The number of carbonyl (C=O) groups excluding carboxylic acids is 2. The number of ether oxygens (including phenoxy) is 1. The van der Waals surface area contributed by atoms with Crippen molar-refractivity contribution < 1.29 is 19.5 Å². The number of hydrogen-bond acceptors (Lipinski definition) is 7. The van der Waals surface area contributed by atoms with E-state index in [4.69, 9.17) is 22.1 Å². The Kier molecular flexibility index (Phi) is 7.21. The molecule has 0 bridgehead atoms. The lowest BCUT2D eigenvalue weighted by molar-refractivity contribution is -0.129. The number of terminal acetylenes is 1. The Morgan fingerprint density at radius 3 is 2.78 bits per heavy atom. The Hall–Kier alpha value is -4.16. The van der Waals surface area contributed by atoms with Gasteiger partial charge in [0.25, 0.3) is 0 Å². The van der Waals surface area contributed by atoms with Gasteiger partial charge in [0.15, 0.2) is 0 Å². The van der Waals surface area contributed by atoms with E-state index in [1.54, 1.807) is 17.6 Å². The molecule has 1 heterocycles. The second-order valence-electron chi connectivity index (χ2n) is 7.07. The number of hydrogen-bond donors (Lipinski definition) is 4. The number of rotatable bonds is 9. The molecule has 0 spiro atoms. The van der Waals surface area contributed by atoms with Crippen LogP contribution in [0.15, 0.2) is 42.7 Å². The lowest BCUT2D eigenvalue weighted by Crippen LogP contribution is -2.23. The first-order valence-corrected chi connectivity index (χ1v) is 9.85. The zero-order valence-electron chi connectivity index (χ0n) is 17.5. The summed E-state index contributed by atoms with van der Waals surface area (Å²) >= 11 is 0. The summed E-state index contributed by atoms with van der Waals surface area (Å²) in [5, 5.41) is 12.6. The maximum atomic E-state index is 12.2. The fourth-order valence-electron chi connectivity index (χ4n) is 3.45. The van der Waals surface area contributed by atoms with Gasteiger partial charge in [-0.3, -0.25) is 14.8 Å². The Bertz CT molecular complexity index is 1190. The van der Waals surface area contributed by atoms with Crippen LogP contribution < -0.4 is 21.3 Å². The van der Waals surface area contributed by atoms with E-state index < -0.39 is 17.7 Å². The number of amides is 2. The van der Waals surface area contributed by atoms with Gasteiger partial charge >= 0.3 is 0 Å². The summed E-state index contributed by atoms with van der Waals surface area (Å²) in [6.45, 7) is 0. The Balaban J connectivity index is 2.02. The van der Waals surface area contributed by atoms with Crippen LogP contribution in [-0.4, -0.2) is 34.1 Å². The number of nitrogens with one attached hydrogen (secondary N) is 2. The van der Waals surface area contributed by atoms with E-state index in [0.29, 0.717) is 40.9 Å². The van der Waals surface area contributed by atoms with Gasteiger partial charge in [0.05, 0.1) is 18.5 Å². The standard InChI is InChI=1S/C23H23N5O4/c1-3-14-6-4-7-15(10-14)27-23-18-11-17(20(32-2)12-19(18)25-13-26-23)16(22(24)30)8-5-9-21(29)28-31/h1,4,6-7,10-13,16,31H,5,8-9H2,2H3,(H2,24,30)(H,28,29)(H,25,26,27). The van der Waals surface area contributed by atoms with E-state index in [2.05, 4.69) is 21.2 Å². The van der Waals surface area contributed by atoms with E-state index in [9.17, 15) is 9.59 Å². The lowest BCUT2D eigenvalue weighted by Gasteiger charge is -2.18. The fraction of sp³-hybridized carbons (Fsp3) is 0.217. The Morgan fingerprint density at radius 1 is 1.28 bits per heavy atom. The third-order valence-corrected chi connectivity index (χ3v) is 5.02. The predicted octanol–water partition coefficient (Wildman–Crippen LogP) is 2.61. The van der Waals surface area contributed by atoms with Crippen LogP contribution in [0.1, 0.15) is 36.3 Å². The average Bonchev–Trinajstić information content (AvgIpc) is 2.81. The summed E-state index contributed by atoms with van der Waals surface area (Å²) in [4.78, 5) is 32.2. The van der Waals surface area contributed by atoms with Gasteiger partial charge < -0.3 is 15.8 Å². The van der Waals surface area contributed by atoms with Crippen LogP contribution in [-0.2, 0) is 9.59 Å². The molecule has 0 aliphatic heterocycles. The maximum Gasteiger partial charge on any atom is 0.243 e. The number of nitrogens with two attached hydrogens (primary N) is 1. The minimum Gasteiger partial charge on any atom is -0.496 e. The maximum absolute atomic E-state index is 12.2. The summed E-state index contributed by atoms with van der Waals surface area (Å²) in [5.41, 5.74) is 9.89. The summed E-state index contributed by atoms with van der Waals surface area (Å²) < 4.78 is 5.49. The van der Waals surface area contributed by atoms with Crippen molar-refractivity contribution in [2.75, 3.05) is 12.4 Å². The number of benzene rings is 2. The molecular formula is C23H23N5O4. The van der Waals surface area contributed by atoms with Crippen LogP contribution in [0.4, 0.5) is 11.5 Å². The highest BCUT2D eigenvalue weighted by Crippen LogP contribution is 2.36. The summed E-state index contributed by atoms with van der Waals surface area (Å²) in [7, 11) is 1.49. The van der Waals surface area contributed by atoms with Gasteiger partial charge in [-0.15, -0.1) is 6.42 Å². The molecule has 2 aromatic carbocycles. The van der Waals surface area contributed by atoms with E-state index in [1.807, 2.05) is 24.3 Å². The second-order valence-corrected chi connectivity index (χ2v) is 7.07. The van der Waals surface area contributed by atoms with Crippen LogP contribution >= 0.6 is 0 Å². The first kappa shape index (κ1) is 22.5. The first-order valence-electron chi connectivity index (χ1n) is 9.85. The van der Waals surface area contributed by atoms with E-state index in [1.165, 1.54) is 13.4 Å². The van der Waals surface area contributed by atoms with Gasteiger partial charge in [0.2, 0.25) is 11.8 Å². The van der Waals surface area contributed by atoms with Crippen LogP contribution in [0.5, 0.6) is 5.75 Å². The molecule has 0 saturated carbocycles. The highest BCUT2D eigenvalue weighted by Gasteiger charge is 2.23. The molecule has 2 amide bonds. The minimum absolute atomic E-state index is 0.0532. The summed E-state index contributed by atoms with van der Waals surface area (Å²) in [5.74, 6) is 1.76. The number of primary amides is 1. The molecule has 0 aliphatic rings. The highest BCUT2D eigenvalue weighted by atomic mass is 16.5. The third kappa shape index (κ3) is 5.11. The summed E-state index contributed by atoms with van der Waals surface area (Å²) in [6, 6.07) is 10.8. The van der Waals surface area contributed by atoms with Crippen LogP contribution in [0.25, 0.3) is 10.9 Å². The third-order valence-electron chi connectivity index (χ3n) is 5.02. The van der Waals surface area contributed by atoms with E-state index in [-0.39, 0.29) is 6.42 Å². The number of methoxy groups -OCH3 is 1. The van der Waals surface area contributed by atoms with Crippen LogP contribution in [0.2, 0.25) is 0 Å². The van der Waals surface area contributed by atoms with Crippen molar-refractivity contribution >= 4 is 34.2 Å². The molecule has 1 atom stereocenters. The SMILES string of the molecule is C#Cc1cccc(Nc2ncnc3cc(OC)c(C(CCCC(=O)NO)C(N)=O)cc23)c1. The molecule has 3 aromatic rings. The van der Waals surface area contributed by atoms with Gasteiger partial charge in [-0.05, 0) is 37.1 Å². The fourth-order valence-corrected chi connectivity index (χ4v) is 3.45. The van der Waals surface area contributed by atoms with Crippen molar-refractivity contribution in [2.24, 2.45) is 5.73 Å². The Labute approximate surface area is 185 Å². The van der Waals surface area contributed by atoms with E-state index >= 15 is 0 Å². The number of anilines is 2. The molecule has 3 rings (SSSR count). The largest absolute Gasteiger partial charge is 0.496 e. The van der Waals surface area contributed by atoms with Gasteiger partial charge in [-0.1, -0.05) is 12.0 Å². The topological polar surface area (TPSA) is 139 Å². The Morgan fingerprint density at radius 2 is 2.09 bits per heavy atom. The number of nitrogens with zero attached hydrogens (tertiary/aromatic N) is 2. The van der Waals surface area contributed by atoms with Crippen molar-refractivity contribution in [2.45, 2.75) is 25.2 Å². The van der Waals surface area contributed by atoms with Crippen molar-refractivity contribution in [3.63, 3.8) is 0 Å². The van der Waals surface area contributed by atoms with Crippen molar-refractivity contribution in [1.29, 1.82) is 0 Å². The molecule has 0 aliphatic carbocycles. The van der Waals surface area contributed by atoms with Gasteiger partial charge in [-0.2, -0.15) is 0 Å². The molecule has 32 heavy (non-hydrogen) atoms. The molecule has 9 nitrogen and oxygen atoms in total. The normalized spacial score (nSPS) is 11.4. The predicted molar refractivity (Wildman–Crippen MR) is 119 cm³/mol. The molecule has 5 N–H and O–H groups in total. The number of hydroxylamine groups is 1. The first-order chi connectivity index (χ1) is 15.5. The number of carbonyl (C=O) groups is 2. The summed E-state index contributed by atoms with van der Waals surface area (Å²) in [6.07, 6.45) is 7.60.